The highest BCUT2D eigenvalue weighted by atomic mass is 35.5. The number of nitrogens with one attached hydrogen (secondary N) is 1. The van der Waals surface area contributed by atoms with Gasteiger partial charge in [0.25, 0.3) is 0 Å². The zero-order valence-corrected chi connectivity index (χ0v) is 14.4. The molecule has 0 aromatic heterocycles. The first-order valence-electron chi connectivity index (χ1n) is 7.67. The van der Waals surface area contributed by atoms with Crippen LogP contribution in [0.1, 0.15) is 24.0 Å². The van der Waals surface area contributed by atoms with Crippen LogP contribution < -0.4 is 10.1 Å². The number of rotatable bonds is 9. The highest BCUT2D eigenvalue weighted by molar-refractivity contribution is 6.35. The van der Waals surface area contributed by atoms with Crippen LogP contribution in [-0.2, 0) is 13.2 Å². The van der Waals surface area contributed by atoms with Crippen LogP contribution in [0.5, 0.6) is 5.75 Å². The normalized spacial score (nSPS) is 10.7. The third kappa shape index (κ3) is 6.04. The van der Waals surface area contributed by atoms with Crippen LogP contribution in [0.15, 0.2) is 42.5 Å². The molecule has 0 saturated carbocycles. The van der Waals surface area contributed by atoms with Gasteiger partial charge < -0.3 is 15.2 Å². The monoisotopic (exact) mass is 353 g/mol. The van der Waals surface area contributed by atoms with E-state index in [4.69, 9.17) is 33.0 Å². The maximum absolute atomic E-state index is 8.78. The van der Waals surface area contributed by atoms with Gasteiger partial charge in [0.2, 0.25) is 0 Å². The highest BCUT2D eigenvalue weighted by Crippen LogP contribution is 2.24. The third-order valence-electron chi connectivity index (χ3n) is 3.45. The van der Waals surface area contributed by atoms with Crippen molar-refractivity contribution >= 4 is 23.2 Å². The molecule has 5 heteroatoms. The molecule has 0 radical (unpaired) electrons. The van der Waals surface area contributed by atoms with E-state index in [-0.39, 0.29) is 6.61 Å². The lowest BCUT2D eigenvalue weighted by Crippen LogP contribution is -2.15. The van der Waals surface area contributed by atoms with Gasteiger partial charge in [-0.3, -0.25) is 0 Å². The molecule has 2 rings (SSSR count). The van der Waals surface area contributed by atoms with E-state index in [9.17, 15) is 0 Å². The summed E-state index contributed by atoms with van der Waals surface area (Å²) < 4.78 is 5.91. The summed E-state index contributed by atoms with van der Waals surface area (Å²) in [6.07, 6.45) is 1.78. The van der Waals surface area contributed by atoms with Crippen molar-refractivity contribution in [3.05, 3.63) is 63.6 Å². The van der Waals surface area contributed by atoms with Crippen molar-refractivity contribution in [1.29, 1.82) is 0 Å². The summed E-state index contributed by atoms with van der Waals surface area (Å²) in [5.41, 5.74) is 2.00. The summed E-state index contributed by atoms with van der Waals surface area (Å²) in [6, 6.07) is 13.3. The number of hydrogen-bond acceptors (Lipinski definition) is 3. The molecular formula is C18H21Cl2NO2. The molecule has 0 aliphatic heterocycles. The fourth-order valence-electron chi connectivity index (χ4n) is 2.17. The van der Waals surface area contributed by atoms with Crippen molar-refractivity contribution in [2.75, 3.05) is 13.2 Å². The van der Waals surface area contributed by atoms with Crippen molar-refractivity contribution in [1.82, 2.24) is 5.32 Å². The van der Waals surface area contributed by atoms with Crippen LogP contribution in [0.25, 0.3) is 0 Å². The van der Waals surface area contributed by atoms with Crippen molar-refractivity contribution in [2.45, 2.75) is 26.0 Å². The fourth-order valence-corrected chi connectivity index (χ4v) is 2.63. The highest BCUT2D eigenvalue weighted by Gasteiger charge is 2.06. The maximum atomic E-state index is 8.78. The molecule has 2 aromatic carbocycles. The topological polar surface area (TPSA) is 41.5 Å². The number of halogens is 2. The molecule has 2 N–H and O–H groups in total. The number of aliphatic hydroxyl groups is 1. The zero-order chi connectivity index (χ0) is 16.5. The van der Waals surface area contributed by atoms with Gasteiger partial charge in [-0.15, -0.1) is 0 Å². The molecule has 0 atom stereocenters. The lowest BCUT2D eigenvalue weighted by Gasteiger charge is -2.13. The summed E-state index contributed by atoms with van der Waals surface area (Å²) in [6.45, 7) is 2.24. The molecule has 0 saturated heterocycles. The Kier molecular flexibility index (Phi) is 7.69. The minimum atomic E-state index is 0.239. The number of ether oxygens (including phenoxy) is 1. The molecule has 0 aliphatic rings. The number of hydrogen-bond donors (Lipinski definition) is 2. The molecule has 23 heavy (non-hydrogen) atoms. The van der Waals surface area contributed by atoms with E-state index >= 15 is 0 Å². The second kappa shape index (κ2) is 9.78. The zero-order valence-electron chi connectivity index (χ0n) is 12.9. The first-order chi connectivity index (χ1) is 11.2. The Morgan fingerprint density at radius 3 is 2.61 bits per heavy atom. The summed E-state index contributed by atoms with van der Waals surface area (Å²) in [5, 5.41) is 13.4. The van der Waals surface area contributed by atoms with Crippen LogP contribution in [-0.4, -0.2) is 18.3 Å². The smallest absolute Gasteiger partial charge is 0.124 e. The second-order valence-electron chi connectivity index (χ2n) is 5.24. The first kappa shape index (κ1) is 18.1. The number of aliphatic hydroxyl groups excluding tert-OH is 1. The van der Waals surface area contributed by atoms with Gasteiger partial charge in [0.15, 0.2) is 0 Å². The predicted octanol–water partition coefficient (Wildman–Crippen LogP) is 4.43. The van der Waals surface area contributed by atoms with E-state index < -0.39 is 0 Å². The number of benzene rings is 2. The molecular weight excluding hydrogens is 333 g/mol. The van der Waals surface area contributed by atoms with Crippen molar-refractivity contribution in [2.24, 2.45) is 0 Å². The third-order valence-corrected chi connectivity index (χ3v) is 4.03. The average Bonchev–Trinajstić information content (AvgIpc) is 2.55. The summed E-state index contributed by atoms with van der Waals surface area (Å²) in [7, 11) is 0. The van der Waals surface area contributed by atoms with Crippen molar-refractivity contribution in [3.63, 3.8) is 0 Å². The Balaban J connectivity index is 1.92. The molecule has 0 aliphatic carbocycles. The van der Waals surface area contributed by atoms with Crippen LogP contribution in [0, 0.1) is 0 Å². The van der Waals surface area contributed by atoms with E-state index in [0.29, 0.717) is 16.7 Å². The molecule has 0 bridgehead atoms. The van der Waals surface area contributed by atoms with Gasteiger partial charge in [-0.1, -0.05) is 47.5 Å². The molecule has 2 aromatic rings. The predicted molar refractivity (Wildman–Crippen MR) is 95.3 cm³/mol. The lowest BCUT2D eigenvalue weighted by molar-refractivity contribution is 0.283. The minimum Gasteiger partial charge on any atom is -0.489 e. The largest absolute Gasteiger partial charge is 0.489 e. The maximum Gasteiger partial charge on any atom is 0.124 e. The Labute approximate surface area is 147 Å². The molecule has 0 unspecified atom stereocenters. The van der Waals surface area contributed by atoms with Gasteiger partial charge in [-0.05, 0) is 37.6 Å². The van der Waals surface area contributed by atoms with E-state index in [1.807, 2.05) is 30.3 Å². The van der Waals surface area contributed by atoms with Gasteiger partial charge in [-0.25, -0.2) is 0 Å². The van der Waals surface area contributed by atoms with Crippen molar-refractivity contribution < 1.29 is 9.84 Å². The standard InChI is InChI=1S/C18H21Cl2NO2/c19-16-8-7-15(17(20)11-16)13-23-18-6-2-1-5-14(18)12-21-9-3-4-10-22/h1-2,5-8,11,21-22H,3-4,9-10,12-13H2. The van der Waals surface area contributed by atoms with Crippen molar-refractivity contribution in [3.8, 4) is 5.75 Å². The summed E-state index contributed by atoms with van der Waals surface area (Å²) >= 11 is 12.1. The van der Waals surface area contributed by atoms with E-state index in [1.54, 1.807) is 12.1 Å². The molecule has 3 nitrogen and oxygen atoms in total. The van der Waals surface area contributed by atoms with Gasteiger partial charge in [-0.2, -0.15) is 0 Å². The second-order valence-corrected chi connectivity index (χ2v) is 6.08. The molecule has 0 amide bonds. The quantitative estimate of drug-likeness (QED) is 0.655. The Hall–Kier alpha value is -1.26. The summed E-state index contributed by atoms with van der Waals surface area (Å²) in [4.78, 5) is 0. The average molecular weight is 354 g/mol. The first-order valence-corrected chi connectivity index (χ1v) is 8.42. The minimum absolute atomic E-state index is 0.239. The molecule has 124 valence electrons. The summed E-state index contributed by atoms with van der Waals surface area (Å²) in [5.74, 6) is 0.841. The van der Waals surface area contributed by atoms with E-state index in [0.717, 1.165) is 42.8 Å². The molecule has 0 spiro atoms. The van der Waals surface area contributed by atoms with Gasteiger partial charge in [0.1, 0.15) is 12.4 Å². The Morgan fingerprint density at radius 1 is 1.00 bits per heavy atom. The van der Waals surface area contributed by atoms with Crippen LogP contribution in [0.2, 0.25) is 10.0 Å². The number of para-hydroxylation sites is 1. The van der Waals surface area contributed by atoms with E-state index in [1.165, 1.54) is 0 Å². The van der Waals surface area contributed by atoms with E-state index in [2.05, 4.69) is 5.32 Å². The number of unbranched alkanes of at least 4 members (excludes halogenated alkanes) is 1. The molecule has 0 fully saturated rings. The Bertz CT molecular complexity index is 620. The Morgan fingerprint density at radius 2 is 1.83 bits per heavy atom. The van der Waals surface area contributed by atoms with Gasteiger partial charge >= 0.3 is 0 Å². The SMILES string of the molecule is OCCCCNCc1ccccc1OCc1ccc(Cl)cc1Cl. The van der Waals surface area contributed by atoms with Gasteiger partial charge in [0.05, 0.1) is 0 Å². The van der Waals surface area contributed by atoms with Gasteiger partial charge in [0, 0.05) is 34.3 Å². The van der Waals surface area contributed by atoms with Crippen LogP contribution >= 0.6 is 23.2 Å². The molecule has 0 heterocycles. The van der Waals surface area contributed by atoms with Crippen LogP contribution in [0.4, 0.5) is 0 Å². The fraction of sp³-hybridized carbons (Fsp3) is 0.333. The lowest BCUT2D eigenvalue weighted by atomic mass is 10.2. The van der Waals surface area contributed by atoms with Crippen LogP contribution in [0.3, 0.4) is 0 Å².